The van der Waals surface area contributed by atoms with E-state index in [1.807, 2.05) is 12.1 Å². The molecule has 1 fully saturated rings. The fraction of sp³-hybridized carbons (Fsp3) is 0.357. The molecule has 29 heavy (non-hydrogen) atoms. The summed E-state index contributed by atoms with van der Waals surface area (Å²) in [4.78, 5) is 0. The second kappa shape index (κ2) is 9.63. The van der Waals surface area contributed by atoms with Gasteiger partial charge in [0.1, 0.15) is 0 Å². The standard InChI is InChI=1S/C28H31Cl/c1-2-21-5-11-24(12-6-21)25-13-7-22(8-14-25)3-4-23-9-15-26(16-10-23)27-17-19-28(29)20-18-27/h5-6,9-12,15-20,22,25H,2-4,7-8,13-14H2,1H3. The summed E-state index contributed by atoms with van der Waals surface area (Å²) in [6, 6.07) is 26.5. The zero-order chi connectivity index (χ0) is 20.1. The van der Waals surface area contributed by atoms with Gasteiger partial charge in [0.15, 0.2) is 0 Å². The Kier molecular flexibility index (Phi) is 6.72. The Bertz CT molecular complexity index is 883. The molecule has 1 aliphatic rings. The summed E-state index contributed by atoms with van der Waals surface area (Å²) in [6.45, 7) is 2.23. The molecule has 0 aromatic heterocycles. The van der Waals surface area contributed by atoms with Crippen molar-refractivity contribution >= 4 is 11.6 Å². The van der Waals surface area contributed by atoms with E-state index in [1.165, 1.54) is 60.8 Å². The van der Waals surface area contributed by atoms with Crippen LogP contribution in [0.3, 0.4) is 0 Å². The molecule has 1 saturated carbocycles. The summed E-state index contributed by atoms with van der Waals surface area (Å²) in [5, 5.41) is 0.790. The first kappa shape index (κ1) is 20.2. The van der Waals surface area contributed by atoms with E-state index in [0.29, 0.717) is 0 Å². The van der Waals surface area contributed by atoms with E-state index in [-0.39, 0.29) is 0 Å². The second-order valence-electron chi connectivity index (χ2n) is 8.56. The first-order chi connectivity index (χ1) is 14.2. The maximum Gasteiger partial charge on any atom is 0.0406 e. The van der Waals surface area contributed by atoms with Gasteiger partial charge >= 0.3 is 0 Å². The summed E-state index contributed by atoms with van der Waals surface area (Å²) in [7, 11) is 0. The Labute approximate surface area is 180 Å². The highest BCUT2D eigenvalue weighted by molar-refractivity contribution is 6.30. The van der Waals surface area contributed by atoms with Gasteiger partial charge in [-0.2, -0.15) is 0 Å². The fourth-order valence-corrected chi connectivity index (χ4v) is 4.81. The Morgan fingerprint density at radius 1 is 0.690 bits per heavy atom. The molecule has 0 aliphatic heterocycles. The lowest BCUT2D eigenvalue weighted by Crippen LogP contribution is -2.14. The summed E-state index contributed by atoms with van der Waals surface area (Å²) in [5.41, 5.74) is 6.95. The number of halogens is 1. The molecule has 0 N–H and O–H groups in total. The van der Waals surface area contributed by atoms with Gasteiger partial charge < -0.3 is 0 Å². The van der Waals surface area contributed by atoms with E-state index in [2.05, 4.69) is 67.6 Å². The minimum atomic E-state index is 0.774. The highest BCUT2D eigenvalue weighted by atomic mass is 35.5. The van der Waals surface area contributed by atoms with E-state index < -0.39 is 0 Å². The number of benzene rings is 3. The van der Waals surface area contributed by atoms with Gasteiger partial charge in [0, 0.05) is 5.02 Å². The van der Waals surface area contributed by atoms with Gasteiger partial charge in [0.25, 0.3) is 0 Å². The third-order valence-corrected chi connectivity index (χ3v) is 6.93. The average Bonchev–Trinajstić information content (AvgIpc) is 2.79. The predicted octanol–water partition coefficient (Wildman–Crippen LogP) is 8.48. The van der Waals surface area contributed by atoms with Crippen molar-refractivity contribution in [2.75, 3.05) is 0 Å². The van der Waals surface area contributed by atoms with Gasteiger partial charge in [0.05, 0.1) is 0 Å². The lowest BCUT2D eigenvalue weighted by Gasteiger charge is -2.29. The molecular weight excluding hydrogens is 372 g/mol. The van der Waals surface area contributed by atoms with Crippen LogP contribution >= 0.6 is 11.6 Å². The molecule has 0 nitrogen and oxygen atoms in total. The summed E-state index contributed by atoms with van der Waals surface area (Å²) >= 11 is 6.00. The van der Waals surface area contributed by atoms with Crippen LogP contribution in [0.5, 0.6) is 0 Å². The van der Waals surface area contributed by atoms with E-state index in [0.717, 1.165) is 23.3 Å². The molecule has 0 atom stereocenters. The number of hydrogen-bond donors (Lipinski definition) is 0. The van der Waals surface area contributed by atoms with Crippen molar-refractivity contribution in [3.8, 4) is 11.1 Å². The lowest BCUT2D eigenvalue weighted by molar-refractivity contribution is 0.310. The highest BCUT2D eigenvalue weighted by Crippen LogP contribution is 2.37. The molecule has 0 bridgehead atoms. The fourth-order valence-electron chi connectivity index (χ4n) is 4.69. The Hall–Kier alpha value is -2.05. The van der Waals surface area contributed by atoms with Crippen LogP contribution in [0.1, 0.15) is 61.6 Å². The van der Waals surface area contributed by atoms with Crippen molar-refractivity contribution in [1.82, 2.24) is 0 Å². The SMILES string of the molecule is CCc1ccc(C2CCC(CCc3ccc(-c4ccc(Cl)cc4)cc3)CC2)cc1. The molecule has 150 valence electrons. The summed E-state index contributed by atoms with van der Waals surface area (Å²) in [6.07, 6.45) is 9.11. The van der Waals surface area contributed by atoms with Crippen LogP contribution in [-0.4, -0.2) is 0 Å². The third kappa shape index (κ3) is 5.31. The van der Waals surface area contributed by atoms with Crippen LogP contribution in [0, 0.1) is 5.92 Å². The highest BCUT2D eigenvalue weighted by Gasteiger charge is 2.22. The van der Waals surface area contributed by atoms with Gasteiger partial charge in [-0.15, -0.1) is 0 Å². The first-order valence-corrected chi connectivity index (χ1v) is 11.5. The van der Waals surface area contributed by atoms with Crippen LogP contribution in [0.25, 0.3) is 11.1 Å². The smallest absolute Gasteiger partial charge is 0.0406 e. The Morgan fingerprint density at radius 2 is 1.24 bits per heavy atom. The molecule has 0 unspecified atom stereocenters. The molecule has 3 aromatic carbocycles. The van der Waals surface area contributed by atoms with Gasteiger partial charge in [-0.3, -0.25) is 0 Å². The lowest BCUT2D eigenvalue weighted by atomic mass is 9.77. The van der Waals surface area contributed by atoms with E-state index >= 15 is 0 Å². The van der Waals surface area contributed by atoms with Crippen molar-refractivity contribution < 1.29 is 0 Å². The molecule has 4 rings (SSSR count). The minimum absolute atomic E-state index is 0.774. The molecule has 0 spiro atoms. The minimum Gasteiger partial charge on any atom is -0.0843 e. The maximum absolute atomic E-state index is 6.00. The molecular formula is C28H31Cl. The van der Waals surface area contributed by atoms with Gasteiger partial charge in [0.2, 0.25) is 0 Å². The average molecular weight is 403 g/mol. The second-order valence-corrected chi connectivity index (χ2v) is 8.99. The molecule has 0 saturated heterocycles. The van der Waals surface area contributed by atoms with Crippen molar-refractivity contribution in [2.45, 2.75) is 57.8 Å². The van der Waals surface area contributed by atoms with Gasteiger partial charge in [-0.25, -0.2) is 0 Å². The zero-order valence-corrected chi connectivity index (χ0v) is 18.2. The number of aryl methyl sites for hydroxylation is 2. The number of rotatable bonds is 6. The van der Waals surface area contributed by atoms with Crippen molar-refractivity contribution in [2.24, 2.45) is 5.92 Å². The largest absolute Gasteiger partial charge is 0.0843 e. The summed E-state index contributed by atoms with van der Waals surface area (Å²) in [5.74, 6) is 1.66. The Morgan fingerprint density at radius 3 is 1.83 bits per heavy atom. The van der Waals surface area contributed by atoms with Crippen LogP contribution in [0.2, 0.25) is 5.02 Å². The first-order valence-electron chi connectivity index (χ1n) is 11.1. The van der Waals surface area contributed by atoms with Crippen molar-refractivity contribution in [1.29, 1.82) is 0 Å². The summed E-state index contributed by atoms with van der Waals surface area (Å²) < 4.78 is 0. The van der Waals surface area contributed by atoms with E-state index in [1.54, 1.807) is 5.56 Å². The predicted molar refractivity (Wildman–Crippen MR) is 126 cm³/mol. The topological polar surface area (TPSA) is 0 Å². The van der Waals surface area contributed by atoms with Crippen LogP contribution in [-0.2, 0) is 12.8 Å². The number of hydrogen-bond acceptors (Lipinski definition) is 0. The van der Waals surface area contributed by atoms with Crippen LogP contribution in [0.15, 0.2) is 72.8 Å². The van der Waals surface area contributed by atoms with E-state index in [9.17, 15) is 0 Å². The molecule has 0 radical (unpaired) electrons. The molecule has 0 heterocycles. The molecule has 1 aliphatic carbocycles. The zero-order valence-electron chi connectivity index (χ0n) is 17.4. The van der Waals surface area contributed by atoms with E-state index in [4.69, 9.17) is 11.6 Å². The third-order valence-electron chi connectivity index (χ3n) is 6.68. The quantitative estimate of drug-likeness (QED) is 0.387. The molecule has 1 heteroatoms. The van der Waals surface area contributed by atoms with Crippen LogP contribution < -0.4 is 0 Å². The van der Waals surface area contributed by atoms with Crippen molar-refractivity contribution in [3.63, 3.8) is 0 Å². The van der Waals surface area contributed by atoms with Gasteiger partial charge in [-0.1, -0.05) is 79.2 Å². The maximum atomic E-state index is 6.00. The monoisotopic (exact) mass is 402 g/mol. The Balaban J connectivity index is 1.26. The van der Waals surface area contributed by atoms with Gasteiger partial charge in [-0.05, 0) is 96.7 Å². The van der Waals surface area contributed by atoms with Crippen molar-refractivity contribution in [3.05, 3.63) is 94.5 Å². The molecule has 3 aromatic rings. The normalized spacial score (nSPS) is 19.2. The van der Waals surface area contributed by atoms with Crippen LogP contribution in [0.4, 0.5) is 0 Å². The molecule has 0 amide bonds.